The van der Waals surface area contributed by atoms with Crippen molar-refractivity contribution >= 4 is 30.1 Å². The third-order valence-electron chi connectivity index (χ3n) is 5.25. The van der Waals surface area contributed by atoms with Crippen LogP contribution in [0.1, 0.15) is 25.7 Å². The van der Waals surface area contributed by atoms with Crippen LogP contribution in [0.4, 0.5) is 10.5 Å². The molecule has 1 aromatic rings. The minimum Gasteiger partial charge on any atom is -0.492 e. The van der Waals surface area contributed by atoms with Gasteiger partial charge in [-0.3, -0.25) is 9.69 Å². The van der Waals surface area contributed by atoms with E-state index in [9.17, 15) is 9.59 Å². The first kappa shape index (κ1) is 21.3. The molecule has 1 heterocycles. The maximum atomic E-state index is 12.8. The summed E-state index contributed by atoms with van der Waals surface area (Å²) in [5.41, 5.74) is 6.31. The molecule has 2 N–H and O–H groups in total. The predicted octanol–water partition coefficient (Wildman–Crippen LogP) is 2.42. The van der Waals surface area contributed by atoms with Gasteiger partial charge in [0.1, 0.15) is 12.4 Å². The largest absolute Gasteiger partial charge is 0.492 e. The van der Waals surface area contributed by atoms with Crippen LogP contribution >= 0.6 is 12.4 Å². The second kappa shape index (κ2) is 9.80. The fraction of sp³-hybridized carbons (Fsp3) is 0.579. The van der Waals surface area contributed by atoms with Gasteiger partial charge in [0.25, 0.3) is 0 Å². The minimum absolute atomic E-state index is 0. The van der Waals surface area contributed by atoms with E-state index in [4.69, 9.17) is 15.2 Å². The van der Waals surface area contributed by atoms with Gasteiger partial charge in [0, 0.05) is 31.4 Å². The molecule has 2 fully saturated rings. The van der Waals surface area contributed by atoms with Crippen molar-refractivity contribution in [1.29, 1.82) is 0 Å². The number of amides is 2. The summed E-state index contributed by atoms with van der Waals surface area (Å²) in [4.78, 5) is 28.3. The zero-order valence-corrected chi connectivity index (χ0v) is 16.5. The minimum atomic E-state index is -0.130. The lowest BCUT2D eigenvalue weighted by Crippen LogP contribution is -2.42. The Hall–Kier alpha value is -1.99. The Bertz CT molecular complexity index is 632. The van der Waals surface area contributed by atoms with Crippen LogP contribution in [0.2, 0.25) is 0 Å². The number of urea groups is 1. The van der Waals surface area contributed by atoms with Crippen LogP contribution in [0.5, 0.6) is 5.75 Å². The number of hydrogen-bond acceptors (Lipinski definition) is 5. The van der Waals surface area contributed by atoms with Gasteiger partial charge in [-0.1, -0.05) is 0 Å². The second-order valence-electron chi connectivity index (χ2n) is 6.79. The molecule has 1 aromatic carbocycles. The lowest BCUT2D eigenvalue weighted by atomic mass is 9.85. The van der Waals surface area contributed by atoms with E-state index in [1.54, 1.807) is 4.90 Å². The van der Waals surface area contributed by atoms with Crippen molar-refractivity contribution < 1.29 is 19.1 Å². The molecule has 1 aliphatic carbocycles. The molecule has 27 heavy (non-hydrogen) atoms. The number of esters is 1. The fourth-order valence-corrected chi connectivity index (χ4v) is 3.82. The molecule has 7 nitrogen and oxygen atoms in total. The first-order valence-corrected chi connectivity index (χ1v) is 9.23. The molecule has 150 valence electrons. The summed E-state index contributed by atoms with van der Waals surface area (Å²) in [5.74, 6) is 0.602. The third-order valence-corrected chi connectivity index (χ3v) is 5.25. The zero-order valence-electron chi connectivity index (χ0n) is 15.6. The van der Waals surface area contributed by atoms with Crippen LogP contribution in [0, 0.1) is 5.92 Å². The first-order chi connectivity index (χ1) is 12.6. The van der Waals surface area contributed by atoms with E-state index in [1.807, 2.05) is 29.2 Å². The number of rotatable bonds is 6. The molecule has 2 aliphatic rings. The molecule has 8 heteroatoms. The number of anilines is 1. The van der Waals surface area contributed by atoms with Gasteiger partial charge in [-0.05, 0) is 49.9 Å². The van der Waals surface area contributed by atoms with E-state index in [0.717, 1.165) is 43.7 Å². The van der Waals surface area contributed by atoms with Gasteiger partial charge < -0.3 is 20.1 Å². The quantitative estimate of drug-likeness (QED) is 0.745. The summed E-state index contributed by atoms with van der Waals surface area (Å²) in [6, 6.07) is 7.79. The lowest BCUT2D eigenvalue weighted by Gasteiger charge is -2.33. The zero-order chi connectivity index (χ0) is 18.5. The van der Waals surface area contributed by atoms with Crippen LogP contribution in [-0.2, 0) is 9.53 Å². The van der Waals surface area contributed by atoms with E-state index in [2.05, 4.69) is 0 Å². The number of methoxy groups -OCH3 is 1. The monoisotopic (exact) mass is 397 g/mol. The summed E-state index contributed by atoms with van der Waals surface area (Å²) >= 11 is 0. The normalized spacial score (nSPS) is 22.4. The highest BCUT2D eigenvalue weighted by molar-refractivity contribution is 5.94. The molecule has 1 saturated carbocycles. The second-order valence-corrected chi connectivity index (χ2v) is 6.79. The third kappa shape index (κ3) is 4.84. The van der Waals surface area contributed by atoms with Crippen molar-refractivity contribution in [2.24, 2.45) is 11.7 Å². The van der Waals surface area contributed by atoms with Crippen molar-refractivity contribution in [3.63, 3.8) is 0 Å². The van der Waals surface area contributed by atoms with Gasteiger partial charge in [-0.25, -0.2) is 4.79 Å². The van der Waals surface area contributed by atoms with Gasteiger partial charge in [0.2, 0.25) is 0 Å². The van der Waals surface area contributed by atoms with Gasteiger partial charge in [0.05, 0.1) is 13.0 Å². The Kier molecular flexibility index (Phi) is 7.74. The fourth-order valence-electron chi connectivity index (χ4n) is 3.82. The van der Waals surface area contributed by atoms with Gasteiger partial charge in [-0.2, -0.15) is 0 Å². The number of nitrogens with two attached hydrogens (primary N) is 1. The van der Waals surface area contributed by atoms with Gasteiger partial charge >= 0.3 is 12.0 Å². The van der Waals surface area contributed by atoms with Crippen molar-refractivity contribution in [2.75, 3.05) is 38.3 Å². The molecule has 0 spiro atoms. The van der Waals surface area contributed by atoms with Crippen LogP contribution in [0.25, 0.3) is 0 Å². The molecule has 0 radical (unpaired) electrons. The number of halogens is 1. The van der Waals surface area contributed by atoms with Crippen LogP contribution in [0.15, 0.2) is 24.3 Å². The molecule has 3 rings (SSSR count). The van der Waals surface area contributed by atoms with Gasteiger partial charge in [-0.15, -0.1) is 12.4 Å². The lowest BCUT2D eigenvalue weighted by molar-refractivity contribution is -0.146. The highest BCUT2D eigenvalue weighted by Gasteiger charge is 2.37. The average molecular weight is 398 g/mol. The SMILES string of the molecule is COC(=O)C1CCC(N2CCN(c3ccc(OCCN)cc3)C2=O)CC1.Cl. The van der Waals surface area contributed by atoms with Crippen LogP contribution < -0.4 is 15.4 Å². The average Bonchev–Trinajstić information content (AvgIpc) is 3.07. The molecule has 1 saturated heterocycles. The summed E-state index contributed by atoms with van der Waals surface area (Å²) in [6.45, 7) is 2.35. The Morgan fingerprint density at radius 3 is 2.41 bits per heavy atom. The summed E-state index contributed by atoms with van der Waals surface area (Å²) in [5, 5.41) is 0. The Balaban J connectivity index is 0.00000261. The number of carbonyl (C=O) groups excluding carboxylic acids is 2. The summed E-state index contributed by atoms with van der Waals surface area (Å²) in [7, 11) is 1.43. The first-order valence-electron chi connectivity index (χ1n) is 9.23. The number of hydrogen-bond donors (Lipinski definition) is 1. The van der Waals surface area contributed by atoms with Crippen molar-refractivity contribution in [3.8, 4) is 5.75 Å². The topological polar surface area (TPSA) is 85.1 Å². The highest BCUT2D eigenvalue weighted by Crippen LogP contribution is 2.32. The number of benzene rings is 1. The van der Waals surface area contributed by atoms with Crippen LogP contribution in [0.3, 0.4) is 0 Å². The van der Waals surface area contributed by atoms with E-state index < -0.39 is 0 Å². The molecular formula is C19H28ClN3O4. The molecule has 0 unspecified atom stereocenters. The Morgan fingerprint density at radius 2 is 1.81 bits per heavy atom. The summed E-state index contributed by atoms with van der Waals surface area (Å²) in [6.07, 6.45) is 3.28. The van der Waals surface area contributed by atoms with E-state index in [-0.39, 0.29) is 36.4 Å². The molecule has 0 atom stereocenters. The standard InChI is InChI=1S/C19H27N3O4.ClH/c1-25-18(23)14-2-4-15(5-3-14)21-11-12-22(19(21)24)16-6-8-17(9-7-16)26-13-10-20;/h6-9,14-15H,2-5,10-13,20H2,1H3;1H. The summed E-state index contributed by atoms with van der Waals surface area (Å²) < 4.78 is 10.3. The molecule has 2 amide bonds. The predicted molar refractivity (Wildman–Crippen MR) is 105 cm³/mol. The van der Waals surface area contributed by atoms with Crippen molar-refractivity contribution in [3.05, 3.63) is 24.3 Å². The highest BCUT2D eigenvalue weighted by atomic mass is 35.5. The number of ether oxygens (including phenoxy) is 2. The maximum Gasteiger partial charge on any atom is 0.324 e. The smallest absolute Gasteiger partial charge is 0.324 e. The molecular weight excluding hydrogens is 370 g/mol. The van der Waals surface area contributed by atoms with Crippen molar-refractivity contribution in [1.82, 2.24) is 4.90 Å². The Morgan fingerprint density at radius 1 is 1.15 bits per heavy atom. The number of nitrogens with zero attached hydrogens (tertiary/aromatic N) is 2. The molecule has 1 aliphatic heterocycles. The molecule has 0 aromatic heterocycles. The van der Waals surface area contributed by atoms with Crippen LogP contribution in [-0.4, -0.2) is 56.3 Å². The van der Waals surface area contributed by atoms with E-state index >= 15 is 0 Å². The Labute approximate surface area is 166 Å². The number of carbonyl (C=O) groups is 2. The maximum absolute atomic E-state index is 12.8. The van der Waals surface area contributed by atoms with E-state index in [0.29, 0.717) is 19.7 Å². The van der Waals surface area contributed by atoms with Crippen molar-refractivity contribution in [2.45, 2.75) is 31.7 Å². The molecule has 0 bridgehead atoms. The van der Waals surface area contributed by atoms with Gasteiger partial charge in [0.15, 0.2) is 0 Å². The van der Waals surface area contributed by atoms with E-state index in [1.165, 1.54) is 7.11 Å².